The fourth-order valence-corrected chi connectivity index (χ4v) is 3.69. The normalized spacial score (nSPS) is 15.6. The molecule has 1 unspecified atom stereocenters. The monoisotopic (exact) mass is 413 g/mol. The summed E-state index contributed by atoms with van der Waals surface area (Å²) < 4.78 is 0. The molecule has 3 aromatic carbocycles. The van der Waals surface area contributed by atoms with Crippen LogP contribution in [0.5, 0.6) is 0 Å². The van der Waals surface area contributed by atoms with Crippen molar-refractivity contribution in [1.29, 1.82) is 0 Å². The number of benzene rings is 3. The molecule has 1 atom stereocenters. The van der Waals surface area contributed by atoms with Crippen molar-refractivity contribution in [1.82, 2.24) is 0 Å². The SMILES string of the molecule is Cc1cccc(NC(=O)c2ccccc2NC(=O)C2CC(=O)N(c3ccccc3)C2)c1. The zero-order valence-electron chi connectivity index (χ0n) is 17.2. The minimum atomic E-state index is -0.486. The molecular formula is C25H23N3O3. The number of hydrogen-bond acceptors (Lipinski definition) is 3. The van der Waals surface area contributed by atoms with E-state index >= 15 is 0 Å². The summed E-state index contributed by atoms with van der Waals surface area (Å²) in [6.45, 7) is 2.26. The van der Waals surface area contributed by atoms with Crippen LogP contribution in [-0.4, -0.2) is 24.3 Å². The quantitative estimate of drug-likeness (QED) is 0.657. The first-order valence-corrected chi connectivity index (χ1v) is 10.1. The summed E-state index contributed by atoms with van der Waals surface area (Å²) in [6, 6.07) is 23.7. The second kappa shape index (κ2) is 8.83. The van der Waals surface area contributed by atoms with Crippen molar-refractivity contribution in [2.75, 3.05) is 22.1 Å². The Morgan fingerprint density at radius 2 is 1.65 bits per heavy atom. The van der Waals surface area contributed by atoms with Crippen molar-refractivity contribution in [2.45, 2.75) is 13.3 Å². The van der Waals surface area contributed by atoms with Crippen LogP contribution < -0.4 is 15.5 Å². The van der Waals surface area contributed by atoms with Crippen molar-refractivity contribution in [2.24, 2.45) is 5.92 Å². The van der Waals surface area contributed by atoms with E-state index in [0.717, 1.165) is 11.3 Å². The van der Waals surface area contributed by atoms with E-state index in [1.54, 1.807) is 29.2 Å². The lowest BCUT2D eigenvalue weighted by Gasteiger charge is -2.17. The van der Waals surface area contributed by atoms with Gasteiger partial charge in [-0.25, -0.2) is 0 Å². The number of nitrogens with zero attached hydrogens (tertiary/aromatic N) is 1. The van der Waals surface area contributed by atoms with Crippen LogP contribution in [0.3, 0.4) is 0 Å². The van der Waals surface area contributed by atoms with Crippen LogP contribution in [0, 0.1) is 12.8 Å². The number of rotatable bonds is 5. The van der Waals surface area contributed by atoms with Crippen molar-refractivity contribution >= 4 is 34.8 Å². The first-order chi connectivity index (χ1) is 15.0. The van der Waals surface area contributed by atoms with E-state index in [1.165, 1.54) is 0 Å². The average molecular weight is 413 g/mol. The van der Waals surface area contributed by atoms with Crippen LogP contribution in [0.1, 0.15) is 22.3 Å². The van der Waals surface area contributed by atoms with E-state index < -0.39 is 5.92 Å². The molecule has 1 saturated heterocycles. The van der Waals surface area contributed by atoms with Gasteiger partial charge in [-0.1, -0.05) is 42.5 Å². The summed E-state index contributed by atoms with van der Waals surface area (Å²) in [5.41, 5.74) is 3.28. The molecule has 156 valence electrons. The van der Waals surface area contributed by atoms with Crippen molar-refractivity contribution in [3.05, 3.63) is 90.0 Å². The largest absolute Gasteiger partial charge is 0.325 e. The predicted octanol–water partition coefficient (Wildman–Crippen LogP) is 4.24. The highest BCUT2D eigenvalue weighted by Gasteiger charge is 2.35. The molecule has 3 aromatic rings. The van der Waals surface area contributed by atoms with Crippen LogP contribution in [0.4, 0.5) is 17.1 Å². The zero-order valence-corrected chi connectivity index (χ0v) is 17.2. The summed E-state index contributed by atoms with van der Waals surface area (Å²) in [5.74, 6) is -1.16. The Balaban J connectivity index is 1.47. The van der Waals surface area contributed by atoms with E-state index in [9.17, 15) is 14.4 Å². The van der Waals surface area contributed by atoms with Gasteiger partial charge in [-0.3, -0.25) is 14.4 Å². The maximum Gasteiger partial charge on any atom is 0.257 e. The average Bonchev–Trinajstić information content (AvgIpc) is 3.16. The van der Waals surface area contributed by atoms with Crippen molar-refractivity contribution in [3.63, 3.8) is 0 Å². The molecule has 0 bridgehead atoms. The van der Waals surface area contributed by atoms with Crippen molar-refractivity contribution in [3.8, 4) is 0 Å². The summed E-state index contributed by atoms with van der Waals surface area (Å²) >= 11 is 0. The number of carbonyl (C=O) groups is 3. The van der Waals surface area contributed by atoms with Gasteiger partial charge in [0.2, 0.25) is 11.8 Å². The van der Waals surface area contributed by atoms with E-state index in [2.05, 4.69) is 10.6 Å². The molecular weight excluding hydrogens is 390 g/mol. The number of nitrogens with one attached hydrogen (secondary N) is 2. The van der Waals surface area contributed by atoms with Gasteiger partial charge in [-0.15, -0.1) is 0 Å². The molecule has 31 heavy (non-hydrogen) atoms. The van der Waals surface area contributed by atoms with Crippen LogP contribution in [0.2, 0.25) is 0 Å². The fourth-order valence-electron chi connectivity index (χ4n) is 3.69. The van der Waals surface area contributed by atoms with Gasteiger partial charge in [0.25, 0.3) is 5.91 Å². The highest BCUT2D eigenvalue weighted by Crippen LogP contribution is 2.26. The Bertz CT molecular complexity index is 1130. The Morgan fingerprint density at radius 1 is 0.903 bits per heavy atom. The third kappa shape index (κ3) is 4.64. The van der Waals surface area contributed by atoms with Crippen molar-refractivity contribution < 1.29 is 14.4 Å². The number of anilines is 3. The lowest BCUT2D eigenvalue weighted by atomic mass is 10.1. The van der Waals surface area contributed by atoms with Crippen LogP contribution in [-0.2, 0) is 9.59 Å². The lowest BCUT2D eigenvalue weighted by Crippen LogP contribution is -2.28. The predicted molar refractivity (Wildman–Crippen MR) is 121 cm³/mol. The number of carbonyl (C=O) groups excluding carboxylic acids is 3. The van der Waals surface area contributed by atoms with Gasteiger partial charge < -0.3 is 15.5 Å². The fraction of sp³-hybridized carbons (Fsp3) is 0.160. The summed E-state index contributed by atoms with van der Waals surface area (Å²) in [6.07, 6.45) is 0.137. The number of para-hydroxylation sites is 2. The molecule has 0 radical (unpaired) electrons. The molecule has 1 fully saturated rings. The molecule has 0 spiro atoms. The molecule has 2 N–H and O–H groups in total. The molecule has 1 aliphatic heterocycles. The van der Waals surface area contributed by atoms with Gasteiger partial charge in [-0.2, -0.15) is 0 Å². The Morgan fingerprint density at radius 3 is 2.42 bits per heavy atom. The topological polar surface area (TPSA) is 78.5 Å². The molecule has 3 amide bonds. The maximum absolute atomic E-state index is 12.9. The number of aryl methyl sites for hydroxylation is 1. The summed E-state index contributed by atoms with van der Waals surface area (Å²) in [5, 5.41) is 5.71. The highest BCUT2D eigenvalue weighted by atomic mass is 16.2. The summed E-state index contributed by atoms with van der Waals surface area (Å²) in [7, 11) is 0. The second-order valence-corrected chi connectivity index (χ2v) is 7.60. The van der Waals surface area contributed by atoms with E-state index in [-0.39, 0.29) is 24.1 Å². The molecule has 4 rings (SSSR count). The zero-order chi connectivity index (χ0) is 21.8. The van der Waals surface area contributed by atoms with Crippen LogP contribution in [0.15, 0.2) is 78.9 Å². The van der Waals surface area contributed by atoms with Crippen LogP contribution >= 0.6 is 0 Å². The molecule has 6 heteroatoms. The lowest BCUT2D eigenvalue weighted by molar-refractivity contribution is -0.122. The number of amides is 3. The molecule has 6 nitrogen and oxygen atoms in total. The molecule has 0 aromatic heterocycles. The van der Waals surface area contributed by atoms with Gasteiger partial charge in [0.15, 0.2) is 0 Å². The molecule has 1 heterocycles. The molecule has 0 saturated carbocycles. The Kier molecular flexibility index (Phi) is 5.80. The smallest absolute Gasteiger partial charge is 0.257 e. The maximum atomic E-state index is 12.9. The number of hydrogen-bond donors (Lipinski definition) is 2. The van der Waals surface area contributed by atoms with Gasteiger partial charge in [0.1, 0.15) is 0 Å². The third-order valence-corrected chi connectivity index (χ3v) is 5.27. The van der Waals surface area contributed by atoms with E-state index in [1.807, 2.05) is 61.5 Å². The van der Waals surface area contributed by atoms with Gasteiger partial charge in [0.05, 0.1) is 17.2 Å². The Hall–Kier alpha value is -3.93. The van der Waals surface area contributed by atoms with E-state index in [0.29, 0.717) is 23.5 Å². The van der Waals surface area contributed by atoms with Gasteiger partial charge >= 0.3 is 0 Å². The van der Waals surface area contributed by atoms with E-state index in [4.69, 9.17) is 0 Å². The first-order valence-electron chi connectivity index (χ1n) is 10.1. The first kappa shape index (κ1) is 20.3. The standard InChI is InChI=1S/C25H23N3O3/c1-17-8-7-9-19(14-17)26-25(31)21-12-5-6-13-22(21)27-24(30)18-15-23(29)28(16-18)20-10-3-2-4-11-20/h2-14,18H,15-16H2,1H3,(H,26,31)(H,27,30). The van der Waals surface area contributed by atoms with Crippen LogP contribution in [0.25, 0.3) is 0 Å². The van der Waals surface area contributed by atoms with Gasteiger partial charge in [-0.05, 0) is 48.9 Å². The Labute approximate surface area is 180 Å². The highest BCUT2D eigenvalue weighted by molar-refractivity contribution is 6.11. The van der Waals surface area contributed by atoms with Gasteiger partial charge in [0, 0.05) is 24.3 Å². The second-order valence-electron chi connectivity index (χ2n) is 7.60. The minimum Gasteiger partial charge on any atom is -0.325 e. The third-order valence-electron chi connectivity index (χ3n) is 5.27. The molecule has 1 aliphatic rings. The summed E-state index contributed by atoms with van der Waals surface area (Å²) in [4.78, 5) is 39.8. The minimum absolute atomic E-state index is 0.0863. The molecule has 0 aliphatic carbocycles.